The maximum absolute atomic E-state index is 12.9. The summed E-state index contributed by atoms with van der Waals surface area (Å²) in [5, 5.41) is 3.17. The molecule has 5 nitrogen and oxygen atoms in total. The number of hydrogen-bond acceptors (Lipinski definition) is 4. The van der Waals surface area contributed by atoms with Crippen molar-refractivity contribution >= 4 is 9.84 Å². The molecule has 0 N–H and O–H groups in total. The molecule has 0 aromatic carbocycles. The van der Waals surface area contributed by atoms with E-state index in [1.54, 1.807) is 11.8 Å². The van der Waals surface area contributed by atoms with Gasteiger partial charge in [-0.3, -0.25) is 9.58 Å². The molecule has 1 fully saturated rings. The van der Waals surface area contributed by atoms with E-state index < -0.39 is 27.0 Å². The Morgan fingerprint density at radius 3 is 2.50 bits per heavy atom. The van der Waals surface area contributed by atoms with E-state index in [0.29, 0.717) is 0 Å². The largest absolute Gasteiger partial charge is 0.433 e. The quantitative estimate of drug-likeness (QED) is 0.834. The summed E-state index contributed by atoms with van der Waals surface area (Å²) in [6.07, 6.45) is -3.27. The highest BCUT2D eigenvalue weighted by Crippen LogP contribution is 2.32. The average Bonchev–Trinajstić information content (AvgIpc) is 2.63. The Morgan fingerprint density at radius 2 is 2.00 bits per heavy atom. The van der Waals surface area contributed by atoms with Crippen molar-refractivity contribution in [3.63, 3.8) is 0 Å². The zero-order valence-electron chi connectivity index (χ0n) is 11.2. The Bertz CT molecular complexity index is 589. The summed E-state index contributed by atoms with van der Waals surface area (Å²) in [7, 11) is -1.86. The van der Waals surface area contributed by atoms with Crippen molar-refractivity contribution in [2.45, 2.75) is 24.9 Å². The second kappa shape index (κ2) is 5.03. The summed E-state index contributed by atoms with van der Waals surface area (Å²) >= 11 is 0. The molecule has 2 heterocycles. The van der Waals surface area contributed by atoms with Gasteiger partial charge in [0.1, 0.15) is 5.69 Å². The molecule has 114 valence electrons. The second-order valence-corrected chi connectivity index (χ2v) is 7.48. The van der Waals surface area contributed by atoms with Crippen molar-refractivity contribution in [2.75, 3.05) is 18.8 Å². The fraction of sp³-hybridized carbons (Fsp3) is 0.727. The van der Waals surface area contributed by atoms with E-state index in [1.165, 1.54) is 13.2 Å². The molecule has 1 aromatic heterocycles. The van der Waals surface area contributed by atoms with Crippen LogP contribution in [0.15, 0.2) is 6.20 Å². The minimum Gasteiger partial charge on any atom is -0.296 e. The van der Waals surface area contributed by atoms with Gasteiger partial charge >= 0.3 is 6.18 Å². The van der Waals surface area contributed by atoms with Gasteiger partial charge in [0.2, 0.25) is 0 Å². The lowest BCUT2D eigenvalue weighted by Crippen LogP contribution is -2.54. The number of halogens is 3. The van der Waals surface area contributed by atoms with Crippen LogP contribution in [0.2, 0.25) is 0 Å². The number of aryl methyl sites for hydroxylation is 1. The number of likely N-dealkylation sites (tertiary alicyclic amines) is 1. The van der Waals surface area contributed by atoms with Crippen molar-refractivity contribution < 1.29 is 21.6 Å². The van der Waals surface area contributed by atoms with Gasteiger partial charge < -0.3 is 0 Å². The Balaban J connectivity index is 2.05. The third-order valence-corrected chi connectivity index (χ3v) is 5.63. The molecule has 0 aliphatic carbocycles. The molecule has 0 atom stereocenters. The molecule has 1 aliphatic rings. The molecule has 9 heteroatoms. The number of alkyl halides is 3. The van der Waals surface area contributed by atoms with Crippen LogP contribution in [0.5, 0.6) is 0 Å². The Kier molecular flexibility index (Phi) is 3.85. The summed E-state index contributed by atoms with van der Waals surface area (Å²) in [6.45, 7) is 2.20. The molecule has 1 aromatic rings. The summed E-state index contributed by atoms with van der Waals surface area (Å²) in [6, 6.07) is 0. The van der Waals surface area contributed by atoms with E-state index >= 15 is 0 Å². The molecule has 1 aliphatic heterocycles. The van der Waals surface area contributed by atoms with Crippen LogP contribution < -0.4 is 0 Å². The summed E-state index contributed by atoms with van der Waals surface area (Å²) < 4.78 is 62.6. The van der Waals surface area contributed by atoms with Crippen LogP contribution in [-0.4, -0.2) is 47.2 Å². The van der Waals surface area contributed by atoms with Crippen molar-refractivity contribution in [1.82, 2.24) is 14.7 Å². The predicted octanol–water partition coefficient (Wildman–Crippen LogP) is 1.06. The highest BCUT2D eigenvalue weighted by molar-refractivity contribution is 7.92. The monoisotopic (exact) mass is 311 g/mol. The molecule has 0 bridgehead atoms. The fourth-order valence-corrected chi connectivity index (χ4v) is 3.67. The van der Waals surface area contributed by atoms with Gasteiger partial charge in [-0.15, -0.1) is 0 Å². The maximum atomic E-state index is 12.9. The van der Waals surface area contributed by atoms with Gasteiger partial charge in [-0.25, -0.2) is 8.42 Å². The molecule has 0 radical (unpaired) electrons. The molecule has 2 rings (SSSR count). The van der Waals surface area contributed by atoms with Crippen molar-refractivity contribution in [3.8, 4) is 0 Å². The lowest BCUT2D eigenvalue weighted by molar-refractivity contribution is -0.144. The van der Waals surface area contributed by atoms with Crippen LogP contribution in [0.1, 0.15) is 18.2 Å². The topological polar surface area (TPSA) is 55.2 Å². The first kappa shape index (κ1) is 15.3. The summed E-state index contributed by atoms with van der Waals surface area (Å²) in [5.74, 6) is 0.0617. The molecule has 0 spiro atoms. The van der Waals surface area contributed by atoms with Gasteiger partial charge in [0.05, 0.1) is 11.4 Å². The minimum atomic E-state index is -4.46. The highest BCUT2D eigenvalue weighted by atomic mass is 32.2. The minimum absolute atomic E-state index is 0.0617. The van der Waals surface area contributed by atoms with E-state index in [0.717, 1.165) is 4.68 Å². The Labute approximate surface area is 115 Å². The third kappa shape index (κ3) is 2.83. The van der Waals surface area contributed by atoms with Crippen molar-refractivity contribution in [3.05, 3.63) is 17.5 Å². The first-order chi connectivity index (χ1) is 9.15. The number of hydrogen-bond donors (Lipinski definition) is 0. The van der Waals surface area contributed by atoms with Crippen LogP contribution in [-0.2, 0) is 29.6 Å². The van der Waals surface area contributed by atoms with Crippen LogP contribution in [0, 0.1) is 0 Å². The predicted molar refractivity (Wildman–Crippen MR) is 66.7 cm³/mol. The van der Waals surface area contributed by atoms with Crippen molar-refractivity contribution in [1.29, 1.82) is 0 Å². The molecule has 0 amide bonds. The summed E-state index contributed by atoms with van der Waals surface area (Å²) in [5.41, 5.74) is -0.702. The first-order valence-electron chi connectivity index (χ1n) is 6.17. The van der Waals surface area contributed by atoms with E-state index in [1.807, 2.05) is 0 Å². The van der Waals surface area contributed by atoms with E-state index in [2.05, 4.69) is 5.10 Å². The number of nitrogens with zero attached hydrogens (tertiary/aromatic N) is 3. The van der Waals surface area contributed by atoms with Crippen LogP contribution in [0.4, 0.5) is 13.2 Å². The fourth-order valence-electron chi connectivity index (χ4n) is 2.32. The highest BCUT2D eigenvalue weighted by Gasteiger charge is 2.40. The third-order valence-electron chi connectivity index (χ3n) is 3.51. The van der Waals surface area contributed by atoms with Crippen molar-refractivity contribution in [2.24, 2.45) is 7.05 Å². The molecular weight excluding hydrogens is 295 g/mol. The smallest absolute Gasteiger partial charge is 0.296 e. The zero-order valence-corrected chi connectivity index (χ0v) is 12.0. The lowest BCUT2D eigenvalue weighted by atomic mass is 10.1. The number of sulfone groups is 1. The number of rotatable bonds is 4. The SMILES string of the molecule is CCS(=O)(=O)C1CN(Cc2cnn(C)c2C(F)(F)F)C1. The molecular formula is C11H16F3N3O2S. The summed E-state index contributed by atoms with van der Waals surface area (Å²) in [4.78, 5) is 1.68. The first-order valence-corrected chi connectivity index (χ1v) is 7.88. The molecule has 0 saturated carbocycles. The normalized spacial score (nSPS) is 18.2. The van der Waals surface area contributed by atoms with Gasteiger partial charge in [-0.2, -0.15) is 18.3 Å². The van der Waals surface area contributed by atoms with Gasteiger partial charge in [-0.05, 0) is 0 Å². The Morgan fingerprint density at radius 1 is 1.40 bits per heavy atom. The van der Waals surface area contributed by atoms with Gasteiger partial charge in [0.15, 0.2) is 9.84 Å². The van der Waals surface area contributed by atoms with Gasteiger partial charge in [0, 0.05) is 38.0 Å². The lowest BCUT2D eigenvalue weighted by Gasteiger charge is -2.38. The molecule has 20 heavy (non-hydrogen) atoms. The molecule has 0 unspecified atom stereocenters. The second-order valence-electron chi connectivity index (χ2n) is 4.91. The van der Waals surface area contributed by atoms with Crippen LogP contribution in [0.25, 0.3) is 0 Å². The van der Waals surface area contributed by atoms with Gasteiger partial charge in [-0.1, -0.05) is 6.92 Å². The van der Waals surface area contributed by atoms with E-state index in [9.17, 15) is 21.6 Å². The zero-order chi connectivity index (χ0) is 15.1. The Hall–Kier alpha value is -1.09. The molecule has 1 saturated heterocycles. The van der Waals surface area contributed by atoms with E-state index in [-0.39, 0.29) is 31.0 Å². The average molecular weight is 311 g/mol. The van der Waals surface area contributed by atoms with Crippen LogP contribution >= 0.6 is 0 Å². The van der Waals surface area contributed by atoms with Gasteiger partial charge in [0.25, 0.3) is 0 Å². The standard InChI is InChI=1S/C11H16F3N3O2S/c1-3-20(18,19)9-6-17(7-9)5-8-4-15-16(2)10(8)11(12,13)14/h4,9H,3,5-7H2,1-2H3. The number of aromatic nitrogens is 2. The maximum Gasteiger partial charge on any atom is 0.433 e. The van der Waals surface area contributed by atoms with E-state index in [4.69, 9.17) is 0 Å². The van der Waals surface area contributed by atoms with Crippen LogP contribution in [0.3, 0.4) is 0 Å².